The number of hydrogen-bond donors (Lipinski definition) is 3. The first-order chi connectivity index (χ1) is 17.4. The Balaban J connectivity index is 1.66. The van der Waals surface area contributed by atoms with Crippen molar-refractivity contribution in [2.45, 2.75) is 82.5 Å². The smallest absolute Gasteiger partial charge is 0.329 e. The van der Waals surface area contributed by atoms with Crippen LogP contribution >= 0.6 is 0 Å². The van der Waals surface area contributed by atoms with Crippen molar-refractivity contribution in [3.63, 3.8) is 0 Å². The minimum absolute atomic E-state index is 0.0219. The van der Waals surface area contributed by atoms with E-state index in [0.717, 1.165) is 31.2 Å². The molecule has 0 spiro atoms. The molecule has 9 heteroatoms. The van der Waals surface area contributed by atoms with E-state index in [0.29, 0.717) is 26.0 Å². The molecule has 3 rings (SSSR count). The Labute approximate surface area is 213 Å². The quantitative estimate of drug-likeness (QED) is 0.368. The summed E-state index contributed by atoms with van der Waals surface area (Å²) in [6, 6.07) is 8.13. The molecule has 36 heavy (non-hydrogen) atoms. The molecule has 1 aromatic rings. The molecule has 1 aliphatic carbocycles. The molecule has 3 N–H and O–H groups in total. The molecule has 0 aromatic heterocycles. The van der Waals surface area contributed by atoms with Crippen molar-refractivity contribution in [1.82, 2.24) is 10.2 Å². The van der Waals surface area contributed by atoms with Gasteiger partial charge in [0.25, 0.3) is 0 Å². The molecule has 1 saturated heterocycles. The number of likely N-dealkylation sites (tertiary alicyclic amines) is 1. The summed E-state index contributed by atoms with van der Waals surface area (Å²) < 4.78 is 10.6. The van der Waals surface area contributed by atoms with E-state index in [1.165, 1.54) is 0 Å². The van der Waals surface area contributed by atoms with Gasteiger partial charge in [-0.05, 0) is 57.6 Å². The maximum atomic E-state index is 13.6. The van der Waals surface area contributed by atoms with Crippen LogP contribution in [0.4, 0.5) is 0 Å². The summed E-state index contributed by atoms with van der Waals surface area (Å²) in [5.74, 6) is -1.25. The Morgan fingerprint density at radius 3 is 2.47 bits per heavy atom. The second-order valence-electron chi connectivity index (χ2n) is 9.71. The number of hydrogen-bond acceptors (Lipinski definition) is 8. The SMILES string of the molecule is CCOC(=O)C(CCN[C@@H](C)C(=O)N1[C@H](C(=O)OC(CO)CO)C[C@@H]2CCCC[C@@H]21)c1ccccc1. The third kappa shape index (κ3) is 6.83. The lowest BCUT2D eigenvalue weighted by molar-refractivity contribution is -0.163. The first-order valence-electron chi connectivity index (χ1n) is 13.1. The monoisotopic (exact) mass is 504 g/mol. The van der Waals surface area contributed by atoms with E-state index in [4.69, 9.17) is 9.47 Å². The van der Waals surface area contributed by atoms with Crippen molar-refractivity contribution in [1.29, 1.82) is 0 Å². The highest BCUT2D eigenvalue weighted by atomic mass is 16.6. The molecule has 1 amide bonds. The van der Waals surface area contributed by atoms with Gasteiger partial charge in [0.05, 0.1) is 31.8 Å². The minimum atomic E-state index is -0.995. The highest BCUT2D eigenvalue weighted by Crippen LogP contribution is 2.40. The first-order valence-corrected chi connectivity index (χ1v) is 13.1. The van der Waals surface area contributed by atoms with E-state index < -0.39 is 43.3 Å². The number of nitrogens with one attached hydrogen (secondary N) is 1. The minimum Gasteiger partial charge on any atom is -0.466 e. The van der Waals surface area contributed by atoms with Crippen molar-refractivity contribution < 1.29 is 34.1 Å². The second-order valence-corrected chi connectivity index (χ2v) is 9.71. The normalized spacial score (nSPS) is 23.1. The molecule has 1 unspecified atom stereocenters. The van der Waals surface area contributed by atoms with Gasteiger partial charge in [-0.15, -0.1) is 0 Å². The van der Waals surface area contributed by atoms with Crippen LogP contribution in [0.2, 0.25) is 0 Å². The molecule has 2 aliphatic rings. The highest BCUT2D eigenvalue weighted by molar-refractivity contribution is 5.88. The van der Waals surface area contributed by atoms with Gasteiger partial charge >= 0.3 is 11.9 Å². The van der Waals surface area contributed by atoms with E-state index in [-0.39, 0.29) is 23.8 Å². The number of carbonyl (C=O) groups excluding carboxylic acids is 3. The number of esters is 2. The molecule has 1 aliphatic heterocycles. The molecule has 1 saturated carbocycles. The summed E-state index contributed by atoms with van der Waals surface area (Å²) >= 11 is 0. The van der Waals surface area contributed by atoms with Gasteiger partial charge in [-0.2, -0.15) is 0 Å². The van der Waals surface area contributed by atoms with Crippen LogP contribution in [-0.4, -0.2) is 83.6 Å². The van der Waals surface area contributed by atoms with Crippen LogP contribution in [0.5, 0.6) is 0 Å². The fraction of sp³-hybridized carbons (Fsp3) is 0.667. The van der Waals surface area contributed by atoms with Gasteiger partial charge in [0.1, 0.15) is 12.1 Å². The Morgan fingerprint density at radius 1 is 1.11 bits per heavy atom. The van der Waals surface area contributed by atoms with E-state index in [1.807, 2.05) is 30.3 Å². The van der Waals surface area contributed by atoms with Crippen LogP contribution in [0.15, 0.2) is 30.3 Å². The third-order valence-electron chi connectivity index (χ3n) is 7.33. The molecular weight excluding hydrogens is 464 g/mol. The van der Waals surface area contributed by atoms with Crippen molar-refractivity contribution >= 4 is 17.8 Å². The Bertz CT molecular complexity index is 861. The summed E-state index contributed by atoms with van der Waals surface area (Å²) in [5, 5.41) is 21.9. The van der Waals surface area contributed by atoms with Crippen molar-refractivity contribution in [2.75, 3.05) is 26.4 Å². The fourth-order valence-electron chi connectivity index (χ4n) is 5.47. The number of aliphatic hydroxyl groups is 2. The summed E-state index contributed by atoms with van der Waals surface area (Å²) in [4.78, 5) is 40.8. The maximum Gasteiger partial charge on any atom is 0.329 e. The summed E-state index contributed by atoms with van der Waals surface area (Å²) in [6.07, 6.45) is 3.88. The number of ether oxygens (including phenoxy) is 2. The number of aliphatic hydroxyl groups excluding tert-OH is 2. The van der Waals surface area contributed by atoms with Crippen LogP contribution < -0.4 is 5.32 Å². The number of fused-ring (bicyclic) bond motifs is 1. The number of nitrogens with zero attached hydrogens (tertiary/aromatic N) is 1. The predicted molar refractivity (Wildman–Crippen MR) is 133 cm³/mol. The van der Waals surface area contributed by atoms with E-state index in [1.54, 1.807) is 18.7 Å². The standard InChI is InChI=1S/C27H40N2O7/c1-3-35-26(33)22(19-9-5-4-6-10-19)13-14-28-18(2)25(32)29-23-12-8-7-11-20(23)15-24(29)27(34)36-21(16-30)17-31/h4-6,9-10,18,20-24,28,30-31H,3,7-8,11-17H2,1-2H3/t18-,20-,22?,23-,24-/m0/s1. The molecule has 1 aromatic carbocycles. The van der Waals surface area contributed by atoms with E-state index >= 15 is 0 Å². The highest BCUT2D eigenvalue weighted by Gasteiger charge is 2.49. The Hall–Kier alpha value is -2.49. The zero-order valence-electron chi connectivity index (χ0n) is 21.3. The lowest BCUT2D eigenvalue weighted by atomic mass is 9.84. The molecule has 0 radical (unpaired) electrons. The van der Waals surface area contributed by atoms with Crippen LogP contribution in [0.1, 0.15) is 63.9 Å². The molecular formula is C27H40N2O7. The van der Waals surface area contributed by atoms with Gasteiger partial charge in [0, 0.05) is 6.04 Å². The summed E-state index contributed by atoms with van der Waals surface area (Å²) in [7, 11) is 0. The predicted octanol–water partition coefficient (Wildman–Crippen LogP) is 1.76. The zero-order chi connectivity index (χ0) is 26.1. The molecule has 200 valence electrons. The second kappa shape index (κ2) is 13.7. The molecule has 9 nitrogen and oxygen atoms in total. The largest absolute Gasteiger partial charge is 0.466 e. The zero-order valence-corrected chi connectivity index (χ0v) is 21.3. The average molecular weight is 505 g/mol. The van der Waals surface area contributed by atoms with Gasteiger partial charge in [0.2, 0.25) is 5.91 Å². The fourth-order valence-corrected chi connectivity index (χ4v) is 5.47. The number of carbonyl (C=O) groups is 3. The molecule has 0 bridgehead atoms. The lowest BCUT2D eigenvalue weighted by Crippen LogP contribution is -2.53. The van der Waals surface area contributed by atoms with Crippen molar-refractivity contribution in [2.24, 2.45) is 5.92 Å². The topological polar surface area (TPSA) is 125 Å². The van der Waals surface area contributed by atoms with E-state index in [2.05, 4.69) is 5.32 Å². The molecule has 2 fully saturated rings. The van der Waals surface area contributed by atoms with Crippen LogP contribution in [-0.2, 0) is 23.9 Å². The summed E-state index contributed by atoms with van der Waals surface area (Å²) in [6.45, 7) is 3.31. The lowest BCUT2D eigenvalue weighted by Gasteiger charge is -2.35. The van der Waals surface area contributed by atoms with Gasteiger partial charge in [0.15, 0.2) is 0 Å². The van der Waals surface area contributed by atoms with Gasteiger partial charge in [-0.1, -0.05) is 43.2 Å². The van der Waals surface area contributed by atoms with Gasteiger partial charge in [-0.25, -0.2) is 4.79 Å². The van der Waals surface area contributed by atoms with Crippen LogP contribution in [0.25, 0.3) is 0 Å². The van der Waals surface area contributed by atoms with Crippen LogP contribution in [0.3, 0.4) is 0 Å². The average Bonchev–Trinajstić information content (AvgIpc) is 3.29. The van der Waals surface area contributed by atoms with Crippen molar-refractivity contribution in [3.05, 3.63) is 35.9 Å². The number of benzene rings is 1. The number of rotatable bonds is 12. The summed E-state index contributed by atoms with van der Waals surface area (Å²) in [5.41, 5.74) is 0.867. The van der Waals surface area contributed by atoms with Crippen LogP contribution in [0, 0.1) is 5.92 Å². The maximum absolute atomic E-state index is 13.6. The van der Waals surface area contributed by atoms with Crippen molar-refractivity contribution in [3.8, 4) is 0 Å². The first kappa shape index (κ1) is 28.1. The Kier molecular flexibility index (Phi) is 10.7. The van der Waals surface area contributed by atoms with Gasteiger partial charge in [-0.3, -0.25) is 9.59 Å². The van der Waals surface area contributed by atoms with E-state index in [9.17, 15) is 24.6 Å². The number of amides is 1. The molecule has 5 atom stereocenters. The molecule has 1 heterocycles. The van der Waals surface area contributed by atoms with Gasteiger partial charge < -0.3 is 29.9 Å². The Morgan fingerprint density at radius 2 is 1.81 bits per heavy atom. The third-order valence-corrected chi connectivity index (χ3v) is 7.33.